The van der Waals surface area contributed by atoms with Crippen molar-refractivity contribution >= 4 is 17.8 Å². The number of furan rings is 1. The predicted molar refractivity (Wildman–Crippen MR) is 76.2 cm³/mol. The van der Waals surface area contributed by atoms with E-state index in [0.29, 0.717) is 25.4 Å². The Morgan fingerprint density at radius 2 is 2.17 bits per heavy atom. The average Bonchev–Trinajstić information content (AvgIpc) is 3.17. The van der Waals surface area contributed by atoms with E-state index >= 15 is 0 Å². The van der Waals surface area contributed by atoms with Crippen LogP contribution in [0.25, 0.3) is 0 Å². The van der Waals surface area contributed by atoms with Gasteiger partial charge < -0.3 is 24.1 Å². The summed E-state index contributed by atoms with van der Waals surface area (Å²) in [5, 5.41) is 9.00. The maximum absolute atomic E-state index is 12.5. The van der Waals surface area contributed by atoms with Gasteiger partial charge in [-0.3, -0.25) is 9.59 Å². The fourth-order valence-corrected chi connectivity index (χ4v) is 2.94. The molecule has 0 radical (unpaired) electrons. The van der Waals surface area contributed by atoms with E-state index in [0.717, 1.165) is 0 Å². The van der Waals surface area contributed by atoms with E-state index in [-0.39, 0.29) is 31.4 Å². The summed E-state index contributed by atoms with van der Waals surface area (Å²) in [5.74, 6) is -1.13. The highest BCUT2D eigenvalue weighted by atomic mass is 16.5. The number of ether oxygens (including phenoxy) is 1. The van der Waals surface area contributed by atoms with Crippen LogP contribution in [0.15, 0.2) is 22.8 Å². The molecule has 2 atom stereocenters. The van der Waals surface area contributed by atoms with Crippen LogP contribution in [0.5, 0.6) is 0 Å². The number of rotatable bonds is 4. The number of carbonyl (C=O) groups is 3. The molecule has 8 nitrogen and oxygen atoms in total. The summed E-state index contributed by atoms with van der Waals surface area (Å²) in [5.41, 5.74) is 0. The minimum absolute atomic E-state index is 0.0248. The molecule has 0 spiro atoms. The van der Waals surface area contributed by atoms with Gasteiger partial charge in [0.2, 0.25) is 11.8 Å². The Morgan fingerprint density at radius 3 is 2.87 bits per heavy atom. The minimum atomic E-state index is -1.08. The third kappa shape index (κ3) is 3.37. The topological polar surface area (TPSA) is 100 Å². The summed E-state index contributed by atoms with van der Waals surface area (Å²) < 4.78 is 10.3. The molecular weight excluding hydrogens is 304 g/mol. The van der Waals surface area contributed by atoms with Crippen LogP contribution < -0.4 is 0 Å². The quantitative estimate of drug-likeness (QED) is 0.833. The van der Waals surface area contributed by atoms with Crippen molar-refractivity contribution in [3.63, 3.8) is 0 Å². The van der Waals surface area contributed by atoms with Crippen molar-refractivity contribution in [1.82, 2.24) is 9.80 Å². The van der Waals surface area contributed by atoms with E-state index in [1.165, 1.54) is 11.2 Å². The number of carboxylic acid groups (broad SMARTS) is 1. The monoisotopic (exact) mass is 322 g/mol. The first kappa shape index (κ1) is 15.5. The van der Waals surface area contributed by atoms with Crippen LogP contribution in [0, 0.1) is 5.92 Å². The summed E-state index contributed by atoms with van der Waals surface area (Å²) in [6.07, 6.45) is 0.691. The van der Waals surface area contributed by atoms with Crippen molar-refractivity contribution < 1.29 is 28.6 Å². The molecule has 124 valence electrons. The molecule has 1 aromatic rings. The van der Waals surface area contributed by atoms with Crippen molar-refractivity contribution in [3.05, 3.63) is 24.2 Å². The second kappa shape index (κ2) is 6.41. The van der Waals surface area contributed by atoms with Crippen LogP contribution >= 0.6 is 0 Å². The number of morpholine rings is 1. The molecule has 0 saturated carbocycles. The molecule has 8 heteroatoms. The van der Waals surface area contributed by atoms with Gasteiger partial charge in [0.15, 0.2) is 6.10 Å². The van der Waals surface area contributed by atoms with Gasteiger partial charge in [-0.15, -0.1) is 0 Å². The highest BCUT2D eigenvalue weighted by Crippen LogP contribution is 2.23. The highest BCUT2D eigenvalue weighted by molar-refractivity contribution is 5.89. The average molecular weight is 322 g/mol. The van der Waals surface area contributed by atoms with E-state index in [9.17, 15) is 14.4 Å². The molecule has 23 heavy (non-hydrogen) atoms. The minimum Gasteiger partial charge on any atom is -0.479 e. The molecule has 1 N–H and O–H groups in total. The standard InChI is InChI=1S/C15H18N2O6/c18-13-6-10(7-17(13)8-11-2-1-4-22-11)14(19)16-3-5-23-12(9-16)15(20)21/h1-2,4,10,12H,3,5-9H2,(H,20,21)/t10-,12-/m1/s1. The molecule has 2 amide bonds. The Labute approximate surface area is 132 Å². The molecule has 0 aromatic carbocycles. The Kier molecular flexibility index (Phi) is 4.33. The van der Waals surface area contributed by atoms with E-state index in [2.05, 4.69) is 0 Å². The SMILES string of the molecule is O=C(O)[C@H]1CN(C(=O)[C@@H]2CC(=O)N(Cc3ccco3)C2)CCO1. The maximum Gasteiger partial charge on any atom is 0.334 e. The molecule has 2 saturated heterocycles. The molecule has 2 aliphatic rings. The molecular formula is C15H18N2O6. The van der Waals surface area contributed by atoms with Crippen molar-refractivity contribution in [2.75, 3.05) is 26.2 Å². The fourth-order valence-electron chi connectivity index (χ4n) is 2.94. The van der Waals surface area contributed by atoms with Crippen LogP contribution in [-0.4, -0.2) is 65.0 Å². The molecule has 0 bridgehead atoms. The van der Waals surface area contributed by atoms with Crippen LogP contribution in [0.3, 0.4) is 0 Å². The van der Waals surface area contributed by atoms with Crippen molar-refractivity contribution in [2.24, 2.45) is 5.92 Å². The number of hydrogen-bond acceptors (Lipinski definition) is 5. The molecule has 3 heterocycles. The van der Waals surface area contributed by atoms with Gasteiger partial charge in [-0.05, 0) is 12.1 Å². The van der Waals surface area contributed by atoms with Crippen LogP contribution in [-0.2, 0) is 25.7 Å². The van der Waals surface area contributed by atoms with Gasteiger partial charge in [-0.2, -0.15) is 0 Å². The second-order valence-corrected chi connectivity index (χ2v) is 5.74. The Morgan fingerprint density at radius 1 is 1.35 bits per heavy atom. The summed E-state index contributed by atoms with van der Waals surface area (Å²) in [4.78, 5) is 38.7. The summed E-state index contributed by atoms with van der Waals surface area (Å²) >= 11 is 0. The van der Waals surface area contributed by atoms with Gasteiger partial charge >= 0.3 is 5.97 Å². The summed E-state index contributed by atoms with van der Waals surface area (Å²) in [6.45, 7) is 1.24. The van der Waals surface area contributed by atoms with Gasteiger partial charge in [-0.25, -0.2) is 4.79 Å². The van der Waals surface area contributed by atoms with E-state index < -0.39 is 18.0 Å². The van der Waals surface area contributed by atoms with Gasteiger partial charge in [0.25, 0.3) is 0 Å². The molecule has 0 aliphatic carbocycles. The van der Waals surface area contributed by atoms with Gasteiger partial charge in [0.1, 0.15) is 5.76 Å². The first-order valence-corrected chi connectivity index (χ1v) is 7.48. The zero-order valence-corrected chi connectivity index (χ0v) is 12.5. The molecule has 1 aromatic heterocycles. The zero-order chi connectivity index (χ0) is 16.4. The number of nitrogens with zero attached hydrogens (tertiary/aromatic N) is 2. The zero-order valence-electron chi connectivity index (χ0n) is 12.5. The molecule has 0 unspecified atom stereocenters. The first-order valence-electron chi connectivity index (χ1n) is 7.48. The van der Waals surface area contributed by atoms with Crippen molar-refractivity contribution in [2.45, 2.75) is 19.1 Å². The fraction of sp³-hybridized carbons (Fsp3) is 0.533. The number of aliphatic carboxylic acids is 1. The van der Waals surface area contributed by atoms with Gasteiger partial charge in [-0.1, -0.05) is 0 Å². The van der Waals surface area contributed by atoms with Crippen molar-refractivity contribution in [1.29, 1.82) is 0 Å². The third-order valence-corrected chi connectivity index (χ3v) is 4.14. The van der Waals surface area contributed by atoms with Crippen LogP contribution in [0.2, 0.25) is 0 Å². The predicted octanol–water partition coefficient (Wildman–Crippen LogP) is -0.0599. The highest BCUT2D eigenvalue weighted by Gasteiger charge is 2.39. The number of likely N-dealkylation sites (tertiary alicyclic amines) is 1. The van der Waals surface area contributed by atoms with E-state index in [4.69, 9.17) is 14.3 Å². The number of hydrogen-bond donors (Lipinski definition) is 1. The first-order chi connectivity index (χ1) is 11.0. The molecule has 2 aliphatic heterocycles. The Bertz CT molecular complexity index is 599. The normalized spacial score (nSPS) is 25.0. The Hall–Kier alpha value is -2.35. The van der Waals surface area contributed by atoms with Gasteiger partial charge in [0.05, 0.1) is 31.9 Å². The van der Waals surface area contributed by atoms with Crippen molar-refractivity contribution in [3.8, 4) is 0 Å². The van der Waals surface area contributed by atoms with E-state index in [1.54, 1.807) is 17.0 Å². The van der Waals surface area contributed by atoms with E-state index in [1.807, 2.05) is 0 Å². The Balaban J connectivity index is 1.60. The third-order valence-electron chi connectivity index (χ3n) is 4.14. The lowest BCUT2D eigenvalue weighted by atomic mass is 10.1. The number of carboxylic acids is 1. The summed E-state index contributed by atoms with van der Waals surface area (Å²) in [6, 6.07) is 3.53. The lowest BCUT2D eigenvalue weighted by Crippen LogP contribution is -2.50. The maximum atomic E-state index is 12.5. The lowest BCUT2D eigenvalue weighted by molar-refractivity contribution is -0.160. The van der Waals surface area contributed by atoms with Crippen LogP contribution in [0.4, 0.5) is 0 Å². The molecule has 3 rings (SSSR count). The number of amides is 2. The summed E-state index contributed by atoms with van der Waals surface area (Å²) in [7, 11) is 0. The lowest BCUT2D eigenvalue weighted by Gasteiger charge is -2.32. The molecule has 2 fully saturated rings. The number of carbonyl (C=O) groups excluding carboxylic acids is 2. The van der Waals surface area contributed by atoms with Crippen LogP contribution in [0.1, 0.15) is 12.2 Å². The smallest absolute Gasteiger partial charge is 0.334 e. The largest absolute Gasteiger partial charge is 0.479 e. The second-order valence-electron chi connectivity index (χ2n) is 5.74. The van der Waals surface area contributed by atoms with Gasteiger partial charge in [0, 0.05) is 19.5 Å².